The molecule has 0 aliphatic carbocycles. The molecule has 1 amide bonds. The highest BCUT2D eigenvalue weighted by Crippen LogP contribution is 2.03. The van der Waals surface area contributed by atoms with Crippen LogP contribution in [0.4, 0.5) is 0 Å². The fourth-order valence-corrected chi connectivity index (χ4v) is 1.61. The van der Waals surface area contributed by atoms with E-state index in [1.807, 2.05) is 6.07 Å². The standard InChI is InChI=1S/C13H13N5O/c14-8-10-3-5-11(6-4-10)13(19)15-7-1-2-12-16-9-17-18-12/h3-6,9H,1-2,7H2,(H,15,19)(H,16,17,18). The van der Waals surface area contributed by atoms with E-state index in [4.69, 9.17) is 5.26 Å². The molecule has 0 radical (unpaired) electrons. The van der Waals surface area contributed by atoms with Crippen molar-refractivity contribution in [3.8, 4) is 6.07 Å². The first kappa shape index (κ1) is 12.8. The number of rotatable bonds is 5. The predicted molar refractivity (Wildman–Crippen MR) is 68.2 cm³/mol. The molecule has 2 aromatic rings. The molecule has 0 fully saturated rings. The fourth-order valence-electron chi connectivity index (χ4n) is 1.61. The topological polar surface area (TPSA) is 94.5 Å². The van der Waals surface area contributed by atoms with E-state index < -0.39 is 0 Å². The molecule has 1 heterocycles. The van der Waals surface area contributed by atoms with E-state index in [1.165, 1.54) is 6.33 Å². The summed E-state index contributed by atoms with van der Waals surface area (Å²) >= 11 is 0. The van der Waals surface area contributed by atoms with Crippen LogP contribution in [-0.2, 0) is 6.42 Å². The molecule has 1 aromatic carbocycles. The summed E-state index contributed by atoms with van der Waals surface area (Å²) in [6.07, 6.45) is 3.00. The summed E-state index contributed by atoms with van der Waals surface area (Å²) in [5, 5.41) is 18.0. The summed E-state index contributed by atoms with van der Waals surface area (Å²) in [4.78, 5) is 15.8. The van der Waals surface area contributed by atoms with Crippen molar-refractivity contribution in [1.29, 1.82) is 5.26 Å². The number of nitriles is 1. The highest BCUT2D eigenvalue weighted by molar-refractivity contribution is 5.94. The lowest BCUT2D eigenvalue weighted by atomic mass is 10.1. The second-order valence-corrected chi connectivity index (χ2v) is 3.98. The van der Waals surface area contributed by atoms with Crippen molar-refractivity contribution in [3.63, 3.8) is 0 Å². The number of aromatic amines is 1. The highest BCUT2D eigenvalue weighted by Gasteiger charge is 2.04. The largest absolute Gasteiger partial charge is 0.352 e. The van der Waals surface area contributed by atoms with Crippen molar-refractivity contribution in [2.75, 3.05) is 6.54 Å². The normalized spacial score (nSPS) is 9.84. The maximum atomic E-state index is 11.8. The third-order valence-corrected chi connectivity index (χ3v) is 2.62. The van der Waals surface area contributed by atoms with Gasteiger partial charge in [-0.15, -0.1) is 0 Å². The predicted octanol–water partition coefficient (Wildman–Crippen LogP) is 1.04. The number of aromatic nitrogens is 3. The van der Waals surface area contributed by atoms with E-state index in [-0.39, 0.29) is 5.91 Å². The Kier molecular flexibility index (Phi) is 4.24. The second-order valence-electron chi connectivity index (χ2n) is 3.98. The number of H-pyrrole nitrogens is 1. The Balaban J connectivity index is 1.76. The number of benzene rings is 1. The Labute approximate surface area is 110 Å². The van der Waals surface area contributed by atoms with Crippen LogP contribution < -0.4 is 5.32 Å². The van der Waals surface area contributed by atoms with Gasteiger partial charge < -0.3 is 5.32 Å². The monoisotopic (exact) mass is 255 g/mol. The third kappa shape index (κ3) is 3.64. The molecule has 0 aliphatic heterocycles. The number of carbonyl (C=O) groups excluding carboxylic acids is 1. The first-order valence-corrected chi connectivity index (χ1v) is 5.92. The smallest absolute Gasteiger partial charge is 0.251 e. The highest BCUT2D eigenvalue weighted by atomic mass is 16.1. The van der Waals surface area contributed by atoms with Crippen molar-refractivity contribution >= 4 is 5.91 Å². The zero-order chi connectivity index (χ0) is 13.5. The Morgan fingerprint density at radius 3 is 2.79 bits per heavy atom. The van der Waals surface area contributed by atoms with Crippen molar-refractivity contribution in [3.05, 3.63) is 47.5 Å². The van der Waals surface area contributed by atoms with Crippen LogP contribution in [-0.4, -0.2) is 27.6 Å². The lowest BCUT2D eigenvalue weighted by Gasteiger charge is -2.04. The molecule has 0 atom stereocenters. The molecule has 96 valence electrons. The van der Waals surface area contributed by atoms with Gasteiger partial charge in [0.1, 0.15) is 12.2 Å². The van der Waals surface area contributed by atoms with Gasteiger partial charge in [0.05, 0.1) is 11.6 Å². The number of nitrogens with zero attached hydrogens (tertiary/aromatic N) is 3. The number of carbonyl (C=O) groups is 1. The van der Waals surface area contributed by atoms with Crippen molar-refractivity contribution in [1.82, 2.24) is 20.5 Å². The van der Waals surface area contributed by atoms with Crippen molar-refractivity contribution < 1.29 is 4.79 Å². The fraction of sp³-hybridized carbons (Fsp3) is 0.231. The van der Waals surface area contributed by atoms with Gasteiger partial charge in [0, 0.05) is 18.5 Å². The SMILES string of the molecule is N#Cc1ccc(C(=O)NCCCc2ncn[nH]2)cc1. The summed E-state index contributed by atoms with van der Waals surface area (Å²) in [6, 6.07) is 8.56. The zero-order valence-electron chi connectivity index (χ0n) is 10.3. The van der Waals surface area contributed by atoms with Crippen LogP contribution in [0.1, 0.15) is 28.2 Å². The van der Waals surface area contributed by atoms with E-state index in [9.17, 15) is 4.79 Å². The summed E-state index contributed by atoms with van der Waals surface area (Å²) in [7, 11) is 0. The van der Waals surface area contributed by atoms with Crippen LogP contribution in [0.25, 0.3) is 0 Å². The minimum Gasteiger partial charge on any atom is -0.352 e. The van der Waals surface area contributed by atoms with Crippen LogP contribution in [0.3, 0.4) is 0 Å². The average molecular weight is 255 g/mol. The van der Waals surface area contributed by atoms with Crippen LogP contribution >= 0.6 is 0 Å². The summed E-state index contributed by atoms with van der Waals surface area (Å²) < 4.78 is 0. The molecule has 0 saturated heterocycles. The van der Waals surface area contributed by atoms with Gasteiger partial charge in [-0.3, -0.25) is 9.89 Å². The molecule has 2 rings (SSSR count). The second kappa shape index (κ2) is 6.31. The Hall–Kier alpha value is -2.68. The maximum Gasteiger partial charge on any atom is 0.251 e. The van der Waals surface area contributed by atoms with Gasteiger partial charge in [-0.25, -0.2) is 4.98 Å². The number of nitrogens with one attached hydrogen (secondary N) is 2. The van der Waals surface area contributed by atoms with Gasteiger partial charge in [0.2, 0.25) is 0 Å². The number of aryl methyl sites for hydroxylation is 1. The minimum atomic E-state index is -0.137. The minimum absolute atomic E-state index is 0.137. The molecule has 19 heavy (non-hydrogen) atoms. The van der Waals surface area contributed by atoms with Gasteiger partial charge >= 0.3 is 0 Å². The first-order valence-electron chi connectivity index (χ1n) is 5.92. The molecule has 6 heteroatoms. The molecule has 0 aliphatic rings. The van der Waals surface area contributed by atoms with Gasteiger partial charge in [-0.1, -0.05) is 0 Å². The van der Waals surface area contributed by atoms with Crippen molar-refractivity contribution in [2.45, 2.75) is 12.8 Å². The average Bonchev–Trinajstić information content (AvgIpc) is 2.96. The Bertz CT molecular complexity index is 568. The summed E-state index contributed by atoms with van der Waals surface area (Å²) in [5.41, 5.74) is 1.10. The quantitative estimate of drug-likeness (QED) is 0.780. The van der Waals surface area contributed by atoms with Gasteiger partial charge in [0.25, 0.3) is 5.91 Å². The maximum absolute atomic E-state index is 11.8. The summed E-state index contributed by atoms with van der Waals surface area (Å²) in [6.45, 7) is 0.569. The molecule has 2 N–H and O–H groups in total. The number of hydrogen-bond acceptors (Lipinski definition) is 4. The third-order valence-electron chi connectivity index (χ3n) is 2.62. The van der Waals surface area contributed by atoms with Crippen LogP contribution in [0, 0.1) is 11.3 Å². The van der Waals surface area contributed by atoms with E-state index in [1.54, 1.807) is 24.3 Å². The molecular formula is C13H13N5O. The van der Waals surface area contributed by atoms with Crippen molar-refractivity contribution in [2.24, 2.45) is 0 Å². The molecule has 0 bridgehead atoms. The van der Waals surface area contributed by atoms with Crippen LogP contribution in [0.15, 0.2) is 30.6 Å². The molecule has 0 unspecified atom stereocenters. The molecular weight excluding hydrogens is 242 g/mol. The molecule has 0 spiro atoms. The van der Waals surface area contributed by atoms with E-state index in [0.717, 1.165) is 18.7 Å². The Morgan fingerprint density at radius 2 is 2.16 bits per heavy atom. The lowest BCUT2D eigenvalue weighted by molar-refractivity contribution is 0.0953. The van der Waals surface area contributed by atoms with E-state index >= 15 is 0 Å². The molecule has 1 aromatic heterocycles. The summed E-state index contributed by atoms with van der Waals surface area (Å²) in [5.74, 6) is 0.676. The van der Waals surface area contributed by atoms with E-state index in [0.29, 0.717) is 17.7 Å². The van der Waals surface area contributed by atoms with Gasteiger partial charge in [0.15, 0.2) is 0 Å². The molecule has 0 saturated carbocycles. The first-order chi connectivity index (χ1) is 9.29. The van der Waals surface area contributed by atoms with Crippen LogP contribution in [0.2, 0.25) is 0 Å². The Morgan fingerprint density at radius 1 is 1.37 bits per heavy atom. The zero-order valence-corrected chi connectivity index (χ0v) is 10.3. The number of amides is 1. The number of hydrogen-bond donors (Lipinski definition) is 2. The lowest BCUT2D eigenvalue weighted by Crippen LogP contribution is -2.24. The van der Waals surface area contributed by atoms with Gasteiger partial charge in [-0.2, -0.15) is 10.4 Å². The van der Waals surface area contributed by atoms with Crippen LogP contribution in [0.5, 0.6) is 0 Å². The molecule has 6 nitrogen and oxygen atoms in total. The van der Waals surface area contributed by atoms with Gasteiger partial charge in [-0.05, 0) is 30.7 Å². The van der Waals surface area contributed by atoms with E-state index in [2.05, 4.69) is 20.5 Å².